The molecule has 6 nitrogen and oxygen atoms in total. The number of ether oxygens (including phenoxy) is 1. The maximum absolute atomic E-state index is 11.7. The first-order valence-electron chi connectivity index (χ1n) is 6.73. The SMILES string of the molecule is C/C=C/C(=O)N1CCN([C@@H]2COC[C@@H](O)[C@H]2O)CC1. The lowest BCUT2D eigenvalue weighted by molar-refractivity contribution is -0.142. The van der Waals surface area contributed by atoms with Gasteiger partial charge in [0, 0.05) is 26.2 Å². The summed E-state index contributed by atoms with van der Waals surface area (Å²) < 4.78 is 5.29. The summed E-state index contributed by atoms with van der Waals surface area (Å²) in [6.45, 7) is 5.12. The van der Waals surface area contributed by atoms with E-state index in [2.05, 4.69) is 4.90 Å². The molecule has 0 aromatic rings. The van der Waals surface area contributed by atoms with Gasteiger partial charge in [-0.2, -0.15) is 0 Å². The Morgan fingerprint density at radius 3 is 2.53 bits per heavy atom. The minimum atomic E-state index is -0.818. The van der Waals surface area contributed by atoms with Gasteiger partial charge in [-0.1, -0.05) is 6.08 Å². The summed E-state index contributed by atoms with van der Waals surface area (Å²) in [6, 6.07) is -0.178. The predicted molar refractivity (Wildman–Crippen MR) is 69.6 cm³/mol. The third-order valence-corrected chi connectivity index (χ3v) is 3.77. The molecule has 19 heavy (non-hydrogen) atoms. The number of allylic oxidation sites excluding steroid dienone is 1. The molecule has 3 atom stereocenters. The van der Waals surface area contributed by atoms with Gasteiger partial charge >= 0.3 is 0 Å². The van der Waals surface area contributed by atoms with Crippen molar-refractivity contribution in [2.75, 3.05) is 39.4 Å². The van der Waals surface area contributed by atoms with E-state index in [1.807, 2.05) is 6.92 Å². The van der Waals surface area contributed by atoms with Gasteiger partial charge in [-0.15, -0.1) is 0 Å². The number of amides is 1. The number of hydrogen-bond acceptors (Lipinski definition) is 5. The van der Waals surface area contributed by atoms with Gasteiger partial charge in [0.1, 0.15) is 6.10 Å². The van der Waals surface area contributed by atoms with Crippen molar-refractivity contribution < 1.29 is 19.7 Å². The number of carbonyl (C=O) groups excluding carboxylic acids is 1. The Balaban J connectivity index is 1.87. The molecule has 0 saturated carbocycles. The van der Waals surface area contributed by atoms with Crippen LogP contribution in [0.5, 0.6) is 0 Å². The predicted octanol–water partition coefficient (Wildman–Crippen LogP) is -1.17. The first kappa shape index (κ1) is 14.5. The molecule has 108 valence electrons. The van der Waals surface area contributed by atoms with E-state index in [0.717, 1.165) is 0 Å². The van der Waals surface area contributed by atoms with Crippen LogP contribution < -0.4 is 0 Å². The van der Waals surface area contributed by atoms with Crippen LogP contribution in [0.2, 0.25) is 0 Å². The van der Waals surface area contributed by atoms with Crippen LogP contribution in [0.3, 0.4) is 0 Å². The molecule has 0 unspecified atom stereocenters. The average Bonchev–Trinajstić information content (AvgIpc) is 2.42. The van der Waals surface area contributed by atoms with Crippen LogP contribution in [0.4, 0.5) is 0 Å². The number of hydrogen-bond donors (Lipinski definition) is 2. The van der Waals surface area contributed by atoms with Crippen LogP contribution in [0, 0.1) is 0 Å². The van der Waals surface area contributed by atoms with E-state index in [0.29, 0.717) is 32.8 Å². The molecule has 0 bridgehead atoms. The van der Waals surface area contributed by atoms with Crippen molar-refractivity contribution in [1.82, 2.24) is 9.80 Å². The van der Waals surface area contributed by atoms with Crippen LogP contribution in [-0.2, 0) is 9.53 Å². The molecule has 2 rings (SSSR count). The third-order valence-electron chi connectivity index (χ3n) is 3.77. The van der Waals surface area contributed by atoms with E-state index in [1.54, 1.807) is 17.1 Å². The highest BCUT2D eigenvalue weighted by molar-refractivity contribution is 5.87. The molecular formula is C13H22N2O4. The van der Waals surface area contributed by atoms with Gasteiger partial charge in [-0.05, 0) is 13.0 Å². The van der Waals surface area contributed by atoms with Crippen LogP contribution >= 0.6 is 0 Å². The van der Waals surface area contributed by atoms with Gasteiger partial charge in [-0.25, -0.2) is 0 Å². The molecule has 1 amide bonds. The largest absolute Gasteiger partial charge is 0.389 e. The molecular weight excluding hydrogens is 248 g/mol. The summed E-state index contributed by atoms with van der Waals surface area (Å²) in [4.78, 5) is 15.6. The van der Waals surface area contributed by atoms with Gasteiger partial charge in [0.2, 0.25) is 5.91 Å². The molecule has 0 radical (unpaired) electrons. The zero-order valence-corrected chi connectivity index (χ0v) is 11.2. The monoisotopic (exact) mass is 270 g/mol. The normalized spacial score (nSPS) is 33.8. The number of piperazine rings is 1. The topological polar surface area (TPSA) is 73.2 Å². The van der Waals surface area contributed by atoms with Gasteiger partial charge in [0.15, 0.2) is 0 Å². The standard InChI is InChI=1S/C13H22N2O4/c1-2-3-12(17)15-6-4-14(5-7-15)10-8-19-9-11(16)13(10)18/h2-3,10-11,13,16,18H,4-9H2,1H3/b3-2+/t10-,11-,13+/m1/s1. The van der Waals surface area contributed by atoms with Gasteiger partial charge in [0.05, 0.1) is 25.4 Å². The smallest absolute Gasteiger partial charge is 0.246 e. The average molecular weight is 270 g/mol. The van der Waals surface area contributed by atoms with Crippen molar-refractivity contribution in [1.29, 1.82) is 0 Å². The van der Waals surface area contributed by atoms with Gasteiger partial charge < -0.3 is 19.8 Å². The van der Waals surface area contributed by atoms with Crippen LogP contribution in [0.1, 0.15) is 6.92 Å². The molecule has 2 heterocycles. The van der Waals surface area contributed by atoms with Crippen molar-refractivity contribution in [2.24, 2.45) is 0 Å². The highest BCUT2D eigenvalue weighted by Gasteiger charge is 2.36. The van der Waals surface area contributed by atoms with Gasteiger partial charge in [0.25, 0.3) is 0 Å². The maximum atomic E-state index is 11.7. The zero-order valence-electron chi connectivity index (χ0n) is 11.2. The van der Waals surface area contributed by atoms with E-state index in [9.17, 15) is 15.0 Å². The number of nitrogens with zero attached hydrogens (tertiary/aromatic N) is 2. The van der Waals surface area contributed by atoms with E-state index in [4.69, 9.17) is 4.74 Å². The number of rotatable bonds is 2. The Hall–Kier alpha value is -0.950. The fourth-order valence-electron chi connectivity index (χ4n) is 2.61. The lowest BCUT2D eigenvalue weighted by Crippen LogP contribution is -2.60. The molecule has 6 heteroatoms. The van der Waals surface area contributed by atoms with Crippen molar-refractivity contribution in [3.05, 3.63) is 12.2 Å². The Morgan fingerprint density at radius 1 is 1.21 bits per heavy atom. The fraction of sp³-hybridized carbons (Fsp3) is 0.769. The summed E-state index contributed by atoms with van der Waals surface area (Å²) >= 11 is 0. The van der Waals surface area contributed by atoms with Crippen molar-refractivity contribution in [3.63, 3.8) is 0 Å². The van der Waals surface area contributed by atoms with Crippen LogP contribution in [0.15, 0.2) is 12.2 Å². The summed E-state index contributed by atoms with van der Waals surface area (Å²) in [5, 5.41) is 19.6. The van der Waals surface area contributed by atoms with E-state index in [1.165, 1.54) is 0 Å². The number of aliphatic hydroxyl groups is 2. The summed E-state index contributed by atoms with van der Waals surface area (Å²) in [7, 11) is 0. The number of carbonyl (C=O) groups is 1. The van der Waals surface area contributed by atoms with Crippen LogP contribution in [-0.4, -0.2) is 83.6 Å². The lowest BCUT2D eigenvalue weighted by atomic mass is 10.0. The molecule has 0 aromatic heterocycles. The Morgan fingerprint density at radius 2 is 1.89 bits per heavy atom. The molecule has 0 spiro atoms. The minimum Gasteiger partial charge on any atom is -0.389 e. The second-order valence-electron chi connectivity index (χ2n) is 5.02. The van der Waals surface area contributed by atoms with Crippen molar-refractivity contribution in [2.45, 2.75) is 25.2 Å². The summed E-state index contributed by atoms with van der Waals surface area (Å²) in [5.41, 5.74) is 0. The number of aliphatic hydroxyl groups excluding tert-OH is 2. The zero-order chi connectivity index (χ0) is 13.8. The summed E-state index contributed by atoms with van der Waals surface area (Å²) in [5.74, 6) is 0.0302. The minimum absolute atomic E-state index is 0.0302. The Kier molecular flexibility index (Phi) is 4.93. The lowest BCUT2D eigenvalue weighted by Gasteiger charge is -2.43. The molecule has 2 saturated heterocycles. The second-order valence-corrected chi connectivity index (χ2v) is 5.02. The Labute approximate surface area is 113 Å². The quantitative estimate of drug-likeness (QED) is 0.618. The highest BCUT2D eigenvalue weighted by Crippen LogP contribution is 2.17. The van der Waals surface area contributed by atoms with E-state index >= 15 is 0 Å². The second kappa shape index (κ2) is 6.47. The third kappa shape index (κ3) is 3.33. The Bertz CT molecular complexity index is 340. The highest BCUT2D eigenvalue weighted by atomic mass is 16.5. The first-order chi connectivity index (χ1) is 9.13. The molecule has 2 fully saturated rings. The molecule has 0 aromatic carbocycles. The van der Waals surface area contributed by atoms with Crippen LogP contribution in [0.25, 0.3) is 0 Å². The summed E-state index contributed by atoms with van der Waals surface area (Å²) in [6.07, 6.45) is 1.72. The molecule has 2 aliphatic rings. The first-order valence-corrected chi connectivity index (χ1v) is 6.73. The molecule has 2 aliphatic heterocycles. The van der Waals surface area contributed by atoms with Crippen molar-refractivity contribution >= 4 is 5.91 Å². The fourth-order valence-corrected chi connectivity index (χ4v) is 2.61. The maximum Gasteiger partial charge on any atom is 0.246 e. The molecule has 2 N–H and O–H groups in total. The van der Waals surface area contributed by atoms with E-state index < -0.39 is 12.2 Å². The molecule has 0 aliphatic carbocycles. The van der Waals surface area contributed by atoms with Gasteiger partial charge in [-0.3, -0.25) is 9.69 Å². The van der Waals surface area contributed by atoms with E-state index in [-0.39, 0.29) is 18.6 Å². The van der Waals surface area contributed by atoms with Crippen molar-refractivity contribution in [3.8, 4) is 0 Å².